The predicted molar refractivity (Wildman–Crippen MR) is 68.9 cm³/mol. The molecule has 0 bridgehead atoms. The normalized spacial score (nSPS) is 18.3. The summed E-state index contributed by atoms with van der Waals surface area (Å²) in [6, 6.07) is 0.0554. The van der Waals surface area contributed by atoms with Gasteiger partial charge < -0.3 is 11.1 Å². The summed E-state index contributed by atoms with van der Waals surface area (Å²) in [5.74, 6) is 0.327. The number of nitrogens with zero attached hydrogens (tertiary/aromatic N) is 2. The fraction of sp³-hybridized carbons (Fsp3) is 0.615. The third kappa shape index (κ3) is 3.26. The van der Waals surface area contributed by atoms with Crippen LogP contribution in [0.15, 0.2) is 18.6 Å². The Morgan fingerprint density at radius 1 is 1.39 bits per heavy atom. The minimum absolute atomic E-state index is 0.0554. The lowest BCUT2D eigenvalue weighted by atomic mass is 9.84. The number of carbonyl (C=O) groups excluding carboxylic acids is 1. The summed E-state index contributed by atoms with van der Waals surface area (Å²) >= 11 is 0. The van der Waals surface area contributed by atoms with Crippen LogP contribution in [0.3, 0.4) is 0 Å². The number of hydrogen-bond donors (Lipinski definition) is 2. The molecule has 0 saturated heterocycles. The van der Waals surface area contributed by atoms with Crippen molar-refractivity contribution in [1.82, 2.24) is 15.3 Å². The van der Waals surface area contributed by atoms with Crippen molar-refractivity contribution in [2.75, 3.05) is 6.54 Å². The van der Waals surface area contributed by atoms with Gasteiger partial charge in [0.15, 0.2) is 0 Å². The van der Waals surface area contributed by atoms with Gasteiger partial charge in [-0.2, -0.15) is 0 Å². The Morgan fingerprint density at radius 2 is 2.17 bits per heavy atom. The summed E-state index contributed by atoms with van der Waals surface area (Å²) < 4.78 is 0. The van der Waals surface area contributed by atoms with Crippen LogP contribution in [-0.4, -0.2) is 28.5 Å². The van der Waals surface area contributed by atoms with Crippen LogP contribution in [0.4, 0.5) is 0 Å². The Bertz CT molecular complexity index is 376. The molecule has 1 unspecified atom stereocenters. The molecule has 1 aromatic rings. The van der Waals surface area contributed by atoms with Gasteiger partial charge in [-0.15, -0.1) is 0 Å². The first kappa shape index (κ1) is 13.0. The molecule has 0 aliphatic heterocycles. The van der Waals surface area contributed by atoms with E-state index in [1.807, 2.05) is 0 Å². The lowest BCUT2D eigenvalue weighted by molar-refractivity contribution is 0.0910. The number of hydrogen-bond acceptors (Lipinski definition) is 4. The van der Waals surface area contributed by atoms with Gasteiger partial charge in [-0.25, -0.2) is 4.98 Å². The maximum absolute atomic E-state index is 12.0. The van der Waals surface area contributed by atoms with E-state index in [4.69, 9.17) is 5.73 Å². The first-order chi connectivity index (χ1) is 8.81. The van der Waals surface area contributed by atoms with Crippen LogP contribution in [0.25, 0.3) is 0 Å². The molecule has 2 rings (SSSR count). The standard InChI is InChI=1S/C13H20N4O/c14-8-11(10-4-2-1-3-5-10)17-13(18)12-9-15-6-7-16-12/h6-7,9-11H,1-5,8,14H2,(H,17,18). The van der Waals surface area contributed by atoms with Crippen LogP contribution >= 0.6 is 0 Å². The Labute approximate surface area is 107 Å². The highest BCUT2D eigenvalue weighted by Crippen LogP contribution is 2.26. The smallest absolute Gasteiger partial charge is 0.271 e. The first-order valence-electron chi connectivity index (χ1n) is 6.58. The molecular formula is C13H20N4O. The highest BCUT2D eigenvalue weighted by atomic mass is 16.1. The molecule has 5 heteroatoms. The molecule has 1 heterocycles. The van der Waals surface area contributed by atoms with Gasteiger partial charge in [-0.1, -0.05) is 19.3 Å². The number of nitrogens with one attached hydrogen (secondary N) is 1. The molecule has 1 aromatic heterocycles. The molecule has 0 radical (unpaired) electrons. The Morgan fingerprint density at radius 3 is 2.78 bits per heavy atom. The number of rotatable bonds is 4. The molecule has 1 fully saturated rings. The molecule has 1 amide bonds. The van der Waals surface area contributed by atoms with Gasteiger partial charge in [0.2, 0.25) is 0 Å². The second-order valence-electron chi connectivity index (χ2n) is 4.80. The molecule has 3 N–H and O–H groups in total. The zero-order valence-corrected chi connectivity index (χ0v) is 10.5. The summed E-state index contributed by atoms with van der Waals surface area (Å²) in [5, 5.41) is 2.99. The molecule has 1 aliphatic carbocycles. The summed E-state index contributed by atoms with van der Waals surface area (Å²) in [6.07, 6.45) is 10.6. The molecule has 0 aromatic carbocycles. The van der Waals surface area contributed by atoms with Crippen molar-refractivity contribution in [2.45, 2.75) is 38.1 Å². The fourth-order valence-corrected chi connectivity index (χ4v) is 2.56. The third-order valence-corrected chi connectivity index (χ3v) is 3.59. The summed E-state index contributed by atoms with van der Waals surface area (Å²) in [5.41, 5.74) is 6.13. The molecule has 18 heavy (non-hydrogen) atoms. The van der Waals surface area contributed by atoms with E-state index in [1.165, 1.54) is 31.7 Å². The molecular weight excluding hydrogens is 228 g/mol. The maximum Gasteiger partial charge on any atom is 0.271 e. The quantitative estimate of drug-likeness (QED) is 0.836. The van der Waals surface area contributed by atoms with Crippen molar-refractivity contribution in [3.8, 4) is 0 Å². The summed E-state index contributed by atoms with van der Waals surface area (Å²) in [6.45, 7) is 0.483. The van der Waals surface area contributed by atoms with Crippen LogP contribution in [0, 0.1) is 5.92 Å². The average molecular weight is 248 g/mol. The van der Waals surface area contributed by atoms with E-state index in [9.17, 15) is 4.79 Å². The van der Waals surface area contributed by atoms with Crippen molar-refractivity contribution in [1.29, 1.82) is 0 Å². The van der Waals surface area contributed by atoms with Gasteiger partial charge in [-0.05, 0) is 18.8 Å². The minimum Gasteiger partial charge on any atom is -0.346 e. The molecule has 1 aliphatic rings. The monoisotopic (exact) mass is 248 g/mol. The van der Waals surface area contributed by atoms with Crippen LogP contribution in [-0.2, 0) is 0 Å². The molecule has 5 nitrogen and oxygen atoms in total. The summed E-state index contributed by atoms with van der Waals surface area (Å²) in [4.78, 5) is 19.9. The van der Waals surface area contributed by atoms with Crippen LogP contribution < -0.4 is 11.1 Å². The molecule has 0 spiro atoms. The largest absolute Gasteiger partial charge is 0.346 e. The van der Waals surface area contributed by atoms with Gasteiger partial charge in [0.05, 0.1) is 6.20 Å². The molecule has 98 valence electrons. The van der Waals surface area contributed by atoms with Gasteiger partial charge in [-0.3, -0.25) is 9.78 Å². The van der Waals surface area contributed by atoms with Crippen molar-refractivity contribution < 1.29 is 4.79 Å². The molecule has 1 saturated carbocycles. The fourth-order valence-electron chi connectivity index (χ4n) is 2.56. The van der Waals surface area contributed by atoms with Crippen LogP contribution in [0.5, 0.6) is 0 Å². The summed E-state index contributed by atoms with van der Waals surface area (Å²) in [7, 11) is 0. The van der Waals surface area contributed by atoms with Crippen molar-refractivity contribution >= 4 is 5.91 Å². The lowest BCUT2D eigenvalue weighted by Gasteiger charge is -2.29. The SMILES string of the molecule is NCC(NC(=O)c1cnccn1)C1CCCCC1. The Kier molecular flexibility index (Phi) is 4.64. The second-order valence-corrected chi connectivity index (χ2v) is 4.80. The zero-order valence-electron chi connectivity index (χ0n) is 10.5. The van der Waals surface area contributed by atoms with Gasteiger partial charge in [0.1, 0.15) is 5.69 Å². The van der Waals surface area contributed by atoms with E-state index >= 15 is 0 Å². The number of aromatic nitrogens is 2. The van der Waals surface area contributed by atoms with Gasteiger partial charge in [0, 0.05) is 25.0 Å². The third-order valence-electron chi connectivity index (χ3n) is 3.59. The van der Waals surface area contributed by atoms with Crippen LogP contribution in [0.2, 0.25) is 0 Å². The second kappa shape index (κ2) is 6.44. The number of nitrogens with two attached hydrogens (primary N) is 1. The van der Waals surface area contributed by atoms with E-state index < -0.39 is 0 Å². The minimum atomic E-state index is -0.177. The van der Waals surface area contributed by atoms with Crippen molar-refractivity contribution in [3.05, 3.63) is 24.3 Å². The number of amides is 1. The highest BCUT2D eigenvalue weighted by Gasteiger charge is 2.24. The van der Waals surface area contributed by atoms with E-state index in [1.54, 1.807) is 6.20 Å². The molecule has 1 atom stereocenters. The predicted octanol–water partition coefficient (Wildman–Crippen LogP) is 1.11. The topological polar surface area (TPSA) is 80.9 Å². The van der Waals surface area contributed by atoms with Crippen molar-refractivity contribution in [3.63, 3.8) is 0 Å². The number of carbonyl (C=O) groups is 1. The highest BCUT2D eigenvalue weighted by molar-refractivity contribution is 5.92. The average Bonchev–Trinajstić information content (AvgIpc) is 2.46. The Hall–Kier alpha value is -1.49. The van der Waals surface area contributed by atoms with Gasteiger partial charge >= 0.3 is 0 Å². The van der Waals surface area contributed by atoms with Crippen molar-refractivity contribution in [2.24, 2.45) is 11.7 Å². The Balaban J connectivity index is 1.95. The van der Waals surface area contributed by atoms with E-state index in [0.717, 1.165) is 12.8 Å². The van der Waals surface area contributed by atoms with E-state index in [2.05, 4.69) is 15.3 Å². The van der Waals surface area contributed by atoms with Gasteiger partial charge in [0.25, 0.3) is 5.91 Å². The maximum atomic E-state index is 12.0. The van der Waals surface area contributed by atoms with E-state index in [0.29, 0.717) is 18.2 Å². The van der Waals surface area contributed by atoms with Crippen LogP contribution in [0.1, 0.15) is 42.6 Å². The lowest BCUT2D eigenvalue weighted by Crippen LogP contribution is -2.46. The first-order valence-corrected chi connectivity index (χ1v) is 6.58. The van der Waals surface area contributed by atoms with E-state index in [-0.39, 0.29) is 11.9 Å². The zero-order chi connectivity index (χ0) is 12.8.